The van der Waals surface area contributed by atoms with Crippen molar-refractivity contribution < 1.29 is 9.21 Å². The van der Waals surface area contributed by atoms with Crippen molar-refractivity contribution in [2.45, 2.75) is 12.5 Å². The maximum absolute atomic E-state index is 12.0. The fraction of sp³-hybridized carbons (Fsp3) is 0.286. The van der Waals surface area contributed by atoms with Crippen molar-refractivity contribution in [3.8, 4) is 11.5 Å². The Bertz CT molecular complexity index is 565. The summed E-state index contributed by atoms with van der Waals surface area (Å²) >= 11 is 0. The Morgan fingerprint density at radius 3 is 2.85 bits per heavy atom. The molecule has 0 saturated carbocycles. The SMILES string of the molecule is Cl.O=C(NC1CCNC1)c1coc(-c2ccccc2)n1. The quantitative estimate of drug-likeness (QED) is 0.906. The molecule has 5 nitrogen and oxygen atoms in total. The first-order chi connectivity index (χ1) is 9.33. The zero-order valence-electron chi connectivity index (χ0n) is 10.8. The van der Waals surface area contributed by atoms with Crippen LogP contribution in [-0.2, 0) is 0 Å². The maximum Gasteiger partial charge on any atom is 0.273 e. The zero-order valence-corrected chi connectivity index (χ0v) is 11.7. The van der Waals surface area contributed by atoms with Crippen molar-refractivity contribution in [1.29, 1.82) is 0 Å². The van der Waals surface area contributed by atoms with Gasteiger partial charge in [-0.05, 0) is 25.1 Å². The van der Waals surface area contributed by atoms with Crippen LogP contribution in [0.4, 0.5) is 0 Å². The van der Waals surface area contributed by atoms with E-state index in [1.807, 2.05) is 30.3 Å². The van der Waals surface area contributed by atoms with Crippen LogP contribution in [0.1, 0.15) is 16.9 Å². The van der Waals surface area contributed by atoms with E-state index in [2.05, 4.69) is 15.6 Å². The highest BCUT2D eigenvalue weighted by molar-refractivity contribution is 5.92. The molecule has 2 N–H and O–H groups in total. The highest BCUT2D eigenvalue weighted by Gasteiger charge is 2.20. The second-order valence-corrected chi connectivity index (χ2v) is 4.57. The Balaban J connectivity index is 0.00000147. The van der Waals surface area contributed by atoms with Gasteiger partial charge in [-0.25, -0.2) is 4.98 Å². The third-order valence-electron chi connectivity index (χ3n) is 3.15. The van der Waals surface area contributed by atoms with Crippen molar-refractivity contribution in [2.75, 3.05) is 13.1 Å². The molecule has 20 heavy (non-hydrogen) atoms. The second kappa shape index (κ2) is 6.54. The third-order valence-corrected chi connectivity index (χ3v) is 3.15. The van der Waals surface area contributed by atoms with Crippen molar-refractivity contribution in [3.63, 3.8) is 0 Å². The van der Waals surface area contributed by atoms with E-state index >= 15 is 0 Å². The van der Waals surface area contributed by atoms with Crippen LogP contribution in [0.25, 0.3) is 11.5 Å². The molecule has 2 heterocycles. The van der Waals surface area contributed by atoms with Gasteiger partial charge in [0, 0.05) is 18.2 Å². The molecule has 6 heteroatoms. The average Bonchev–Trinajstić information content (AvgIpc) is 3.10. The van der Waals surface area contributed by atoms with Crippen molar-refractivity contribution >= 4 is 18.3 Å². The van der Waals surface area contributed by atoms with Gasteiger partial charge < -0.3 is 15.1 Å². The predicted molar refractivity (Wildman–Crippen MR) is 77.9 cm³/mol. The largest absolute Gasteiger partial charge is 0.444 e. The molecule has 2 aromatic rings. The van der Waals surface area contributed by atoms with E-state index < -0.39 is 0 Å². The number of carbonyl (C=O) groups excluding carboxylic acids is 1. The lowest BCUT2D eigenvalue weighted by atomic mass is 10.2. The molecule has 0 aliphatic carbocycles. The fourth-order valence-corrected chi connectivity index (χ4v) is 2.13. The van der Waals surface area contributed by atoms with E-state index in [9.17, 15) is 4.79 Å². The Labute approximate surface area is 123 Å². The number of carbonyl (C=O) groups is 1. The molecule has 1 aromatic carbocycles. The van der Waals surface area contributed by atoms with Crippen LogP contribution in [-0.4, -0.2) is 30.0 Å². The summed E-state index contributed by atoms with van der Waals surface area (Å²) in [6, 6.07) is 9.72. The lowest BCUT2D eigenvalue weighted by molar-refractivity contribution is 0.0935. The van der Waals surface area contributed by atoms with Crippen LogP contribution in [0.2, 0.25) is 0 Å². The number of nitrogens with zero attached hydrogens (tertiary/aromatic N) is 1. The number of aromatic nitrogens is 1. The molecule has 3 rings (SSSR count). The monoisotopic (exact) mass is 293 g/mol. The van der Waals surface area contributed by atoms with Crippen molar-refractivity contribution in [1.82, 2.24) is 15.6 Å². The first kappa shape index (κ1) is 14.6. The summed E-state index contributed by atoms with van der Waals surface area (Å²) in [6.07, 6.45) is 2.36. The number of oxazole rings is 1. The van der Waals surface area contributed by atoms with Crippen molar-refractivity contribution in [3.05, 3.63) is 42.3 Å². The molecule has 1 saturated heterocycles. The number of benzene rings is 1. The summed E-state index contributed by atoms with van der Waals surface area (Å²) in [5, 5.41) is 6.14. The molecule has 1 atom stereocenters. The number of hydrogen-bond donors (Lipinski definition) is 2. The average molecular weight is 294 g/mol. The summed E-state index contributed by atoms with van der Waals surface area (Å²) in [4.78, 5) is 16.2. The lowest BCUT2D eigenvalue weighted by Gasteiger charge is -2.08. The van der Waals surface area contributed by atoms with Gasteiger partial charge in [0.2, 0.25) is 5.89 Å². The molecule has 0 bridgehead atoms. The number of amides is 1. The van der Waals surface area contributed by atoms with Crippen LogP contribution in [0.15, 0.2) is 41.0 Å². The number of rotatable bonds is 3. The van der Waals surface area contributed by atoms with Gasteiger partial charge in [-0.15, -0.1) is 12.4 Å². The van der Waals surface area contributed by atoms with Crippen LogP contribution < -0.4 is 10.6 Å². The molecule has 1 unspecified atom stereocenters. The van der Waals surface area contributed by atoms with Crippen LogP contribution in [0.5, 0.6) is 0 Å². The standard InChI is InChI=1S/C14H15N3O2.ClH/c18-13(16-11-6-7-15-8-11)12-9-19-14(17-12)10-4-2-1-3-5-10;/h1-5,9,11,15H,6-8H2,(H,16,18);1H. The topological polar surface area (TPSA) is 67.2 Å². The molecule has 1 amide bonds. The van der Waals surface area contributed by atoms with E-state index in [0.29, 0.717) is 11.6 Å². The Morgan fingerprint density at radius 1 is 1.35 bits per heavy atom. The van der Waals surface area contributed by atoms with Gasteiger partial charge in [0.15, 0.2) is 5.69 Å². The Morgan fingerprint density at radius 2 is 2.15 bits per heavy atom. The Kier molecular flexibility index (Phi) is 4.76. The van der Waals surface area contributed by atoms with E-state index in [1.54, 1.807) is 0 Å². The molecule has 0 radical (unpaired) electrons. The van der Waals surface area contributed by atoms with Gasteiger partial charge in [0.25, 0.3) is 5.91 Å². The minimum Gasteiger partial charge on any atom is -0.444 e. The smallest absolute Gasteiger partial charge is 0.273 e. The molecular weight excluding hydrogens is 278 g/mol. The normalized spacial score (nSPS) is 17.5. The summed E-state index contributed by atoms with van der Waals surface area (Å²) in [5.41, 5.74) is 1.19. The Hall–Kier alpha value is -1.85. The van der Waals surface area contributed by atoms with Crippen LogP contribution >= 0.6 is 12.4 Å². The summed E-state index contributed by atoms with van der Waals surface area (Å²) in [5.74, 6) is 0.287. The zero-order chi connectivity index (χ0) is 13.1. The number of halogens is 1. The number of hydrogen-bond acceptors (Lipinski definition) is 4. The molecule has 0 spiro atoms. The van der Waals surface area contributed by atoms with E-state index in [0.717, 1.165) is 25.1 Å². The summed E-state index contributed by atoms with van der Waals surface area (Å²) in [7, 11) is 0. The van der Waals surface area contributed by atoms with Gasteiger partial charge in [0.05, 0.1) is 0 Å². The minimum absolute atomic E-state index is 0. The van der Waals surface area contributed by atoms with Gasteiger partial charge >= 0.3 is 0 Å². The van der Waals surface area contributed by atoms with Gasteiger partial charge in [0.1, 0.15) is 6.26 Å². The first-order valence-electron chi connectivity index (χ1n) is 6.35. The highest BCUT2D eigenvalue weighted by atomic mass is 35.5. The molecule has 1 aromatic heterocycles. The van der Waals surface area contributed by atoms with E-state index in [-0.39, 0.29) is 24.4 Å². The van der Waals surface area contributed by atoms with Crippen molar-refractivity contribution in [2.24, 2.45) is 0 Å². The van der Waals surface area contributed by atoms with E-state index in [1.165, 1.54) is 6.26 Å². The first-order valence-corrected chi connectivity index (χ1v) is 6.35. The van der Waals surface area contributed by atoms with Gasteiger partial charge in [-0.3, -0.25) is 4.79 Å². The number of nitrogens with one attached hydrogen (secondary N) is 2. The molecule has 106 valence electrons. The predicted octanol–water partition coefficient (Wildman–Crippen LogP) is 1.86. The maximum atomic E-state index is 12.0. The minimum atomic E-state index is -0.181. The highest BCUT2D eigenvalue weighted by Crippen LogP contribution is 2.17. The van der Waals surface area contributed by atoms with Gasteiger partial charge in [-0.2, -0.15) is 0 Å². The molecular formula is C14H16ClN3O2. The van der Waals surface area contributed by atoms with Crippen LogP contribution in [0, 0.1) is 0 Å². The second-order valence-electron chi connectivity index (χ2n) is 4.57. The lowest BCUT2D eigenvalue weighted by Crippen LogP contribution is -2.36. The summed E-state index contributed by atoms with van der Waals surface area (Å²) < 4.78 is 5.35. The fourth-order valence-electron chi connectivity index (χ4n) is 2.13. The molecule has 1 aliphatic heterocycles. The third kappa shape index (κ3) is 3.18. The summed E-state index contributed by atoms with van der Waals surface area (Å²) in [6.45, 7) is 1.76. The molecule has 1 aliphatic rings. The molecule has 1 fully saturated rings. The van der Waals surface area contributed by atoms with E-state index in [4.69, 9.17) is 4.42 Å². The van der Waals surface area contributed by atoms with Gasteiger partial charge in [-0.1, -0.05) is 18.2 Å². The van der Waals surface area contributed by atoms with Crippen LogP contribution in [0.3, 0.4) is 0 Å².